The van der Waals surface area contributed by atoms with Gasteiger partial charge in [0.1, 0.15) is 5.82 Å². The molecule has 1 saturated carbocycles. The molecule has 0 atom stereocenters. The minimum atomic E-state index is -0.101. The van der Waals surface area contributed by atoms with Crippen LogP contribution in [-0.2, 0) is 0 Å². The lowest BCUT2D eigenvalue weighted by molar-refractivity contribution is 0.295. The highest BCUT2D eigenvalue weighted by Gasteiger charge is 2.18. The van der Waals surface area contributed by atoms with E-state index in [1.165, 1.54) is 38.5 Å². The Morgan fingerprint density at radius 3 is 2.58 bits per heavy atom. The van der Waals surface area contributed by atoms with Crippen LogP contribution in [0.2, 0.25) is 0 Å². The number of benzene rings is 1. The minimum absolute atomic E-state index is 0.101. The van der Waals surface area contributed by atoms with Gasteiger partial charge in [-0.15, -0.1) is 0 Å². The van der Waals surface area contributed by atoms with Crippen molar-refractivity contribution in [2.75, 3.05) is 0 Å². The Kier molecular flexibility index (Phi) is 5.18. The fourth-order valence-corrected chi connectivity index (χ4v) is 3.08. The van der Waals surface area contributed by atoms with Crippen LogP contribution in [0.15, 0.2) is 24.3 Å². The standard InChI is InChI=1S/C18H25F/c1-3-4-15-6-8-16(9-7-15)10-12-17-11-5-14(2)13-18(17)19/h5,10-13,15-16H,3-4,6-9H2,1-2H3/b12-10+. The van der Waals surface area contributed by atoms with E-state index >= 15 is 0 Å². The zero-order valence-corrected chi connectivity index (χ0v) is 12.2. The van der Waals surface area contributed by atoms with Crippen molar-refractivity contribution in [2.24, 2.45) is 11.8 Å². The maximum atomic E-state index is 13.7. The predicted molar refractivity (Wildman–Crippen MR) is 80.5 cm³/mol. The molecule has 1 heteroatoms. The number of halogens is 1. The van der Waals surface area contributed by atoms with E-state index < -0.39 is 0 Å². The molecule has 0 bridgehead atoms. The molecule has 0 unspecified atom stereocenters. The molecule has 0 amide bonds. The van der Waals surface area contributed by atoms with Crippen LogP contribution >= 0.6 is 0 Å². The Hall–Kier alpha value is -1.11. The van der Waals surface area contributed by atoms with Gasteiger partial charge in [-0.25, -0.2) is 4.39 Å². The van der Waals surface area contributed by atoms with Crippen LogP contribution in [-0.4, -0.2) is 0 Å². The monoisotopic (exact) mass is 260 g/mol. The van der Waals surface area contributed by atoms with Crippen LogP contribution in [0.3, 0.4) is 0 Å². The minimum Gasteiger partial charge on any atom is -0.206 e. The molecule has 0 N–H and O–H groups in total. The molecular formula is C18H25F. The first-order chi connectivity index (χ1) is 9.19. The topological polar surface area (TPSA) is 0 Å². The summed E-state index contributed by atoms with van der Waals surface area (Å²) in [6.45, 7) is 4.19. The highest BCUT2D eigenvalue weighted by Crippen LogP contribution is 2.32. The summed E-state index contributed by atoms with van der Waals surface area (Å²) in [5.41, 5.74) is 1.70. The van der Waals surface area contributed by atoms with E-state index in [-0.39, 0.29) is 5.82 Å². The van der Waals surface area contributed by atoms with Gasteiger partial charge < -0.3 is 0 Å². The molecule has 0 radical (unpaired) electrons. The summed E-state index contributed by atoms with van der Waals surface area (Å²) in [7, 11) is 0. The smallest absolute Gasteiger partial charge is 0.130 e. The van der Waals surface area contributed by atoms with Crippen LogP contribution in [0.5, 0.6) is 0 Å². The van der Waals surface area contributed by atoms with Gasteiger partial charge in [0.15, 0.2) is 0 Å². The van der Waals surface area contributed by atoms with E-state index in [0.29, 0.717) is 5.92 Å². The van der Waals surface area contributed by atoms with Gasteiger partial charge in [0.05, 0.1) is 0 Å². The Morgan fingerprint density at radius 2 is 1.95 bits per heavy atom. The number of hydrogen-bond acceptors (Lipinski definition) is 0. The summed E-state index contributed by atoms with van der Waals surface area (Å²) in [4.78, 5) is 0. The van der Waals surface area contributed by atoms with E-state index in [0.717, 1.165) is 17.0 Å². The highest BCUT2D eigenvalue weighted by molar-refractivity contribution is 5.50. The molecule has 0 aromatic heterocycles. The molecule has 0 aliphatic heterocycles. The van der Waals surface area contributed by atoms with Crippen molar-refractivity contribution < 1.29 is 4.39 Å². The normalized spacial score (nSPS) is 23.9. The zero-order chi connectivity index (χ0) is 13.7. The molecule has 0 heterocycles. The number of allylic oxidation sites excluding steroid dienone is 1. The van der Waals surface area contributed by atoms with E-state index in [9.17, 15) is 4.39 Å². The van der Waals surface area contributed by atoms with E-state index in [2.05, 4.69) is 13.0 Å². The third-order valence-corrected chi connectivity index (χ3v) is 4.29. The second kappa shape index (κ2) is 6.88. The fraction of sp³-hybridized carbons (Fsp3) is 0.556. The van der Waals surface area contributed by atoms with Crippen molar-refractivity contribution in [3.63, 3.8) is 0 Å². The molecule has 19 heavy (non-hydrogen) atoms. The lowest BCUT2D eigenvalue weighted by Crippen LogP contribution is -2.12. The third-order valence-electron chi connectivity index (χ3n) is 4.29. The van der Waals surface area contributed by atoms with Gasteiger partial charge in [-0.05, 0) is 56.1 Å². The van der Waals surface area contributed by atoms with Crippen molar-refractivity contribution in [1.82, 2.24) is 0 Å². The Bertz CT molecular complexity index is 425. The van der Waals surface area contributed by atoms with Crippen LogP contribution < -0.4 is 0 Å². The van der Waals surface area contributed by atoms with Crippen LogP contribution in [0.4, 0.5) is 4.39 Å². The lowest BCUT2D eigenvalue weighted by atomic mass is 9.80. The highest BCUT2D eigenvalue weighted by atomic mass is 19.1. The van der Waals surface area contributed by atoms with Gasteiger partial charge in [-0.3, -0.25) is 0 Å². The molecule has 1 aliphatic rings. The van der Waals surface area contributed by atoms with Gasteiger partial charge in [-0.1, -0.05) is 44.1 Å². The number of rotatable bonds is 4. The van der Waals surface area contributed by atoms with Crippen molar-refractivity contribution >= 4 is 6.08 Å². The zero-order valence-electron chi connectivity index (χ0n) is 12.2. The number of hydrogen-bond donors (Lipinski definition) is 0. The summed E-state index contributed by atoms with van der Waals surface area (Å²) >= 11 is 0. The molecule has 2 rings (SSSR count). The molecule has 0 spiro atoms. The van der Waals surface area contributed by atoms with Gasteiger partial charge in [0, 0.05) is 5.56 Å². The van der Waals surface area contributed by atoms with Gasteiger partial charge in [-0.2, -0.15) is 0 Å². The van der Waals surface area contributed by atoms with Crippen molar-refractivity contribution in [2.45, 2.75) is 52.4 Å². The van der Waals surface area contributed by atoms with Crippen LogP contribution in [0.1, 0.15) is 56.6 Å². The molecule has 1 aromatic rings. The van der Waals surface area contributed by atoms with E-state index in [4.69, 9.17) is 0 Å². The maximum absolute atomic E-state index is 13.7. The van der Waals surface area contributed by atoms with E-state index in [1.54, 1.807) is 6.07 Å². The second-order valence-corrected chi connectivity index (χ2v) is 5.95. The lowest BCUT2D eigenvalue weighted by Gasteiger charge is -2.26. The summed E-state index contributed by atoms with van der Waals surface area (Å²) in [5.74, 6) is 1.48. The molecule has 1 aromatic carbocycles. The van der Waals surface area contributed by atoms with Crippen molar-refractivity contribution in [3.8, 4) is 0 Å². The molecule has 1 fully saturated rings. The van der Waals surface area contributed by atoms with Crippen molar-refractivity contribution in [1.29, 1.82) is 0 Å². The van der Waals surface area contributed by atoms with Crippen molar-refractivity contribution in [3.05, 3.63) is 41.2 Å². The molecule has 104 valence electrons. The first-order valence-corrected chi connectivity index (χ1v) is 7.63. The molecule has 1 aliphatic carbocycles. The largest absolute Gasteiger partial charge is 0.206 e. The first kappa shape index (κ1) is 14.3. The second-order valence-electron chi connectivity index (χ2n) is 5.95. The Morgan fingerprint density at radius 1 is 1.21 bits per heavy atom. The Balaban J connectivity index is 1.89. The summed E-state index contributed by atoms with van der Waals surface area (Å²) < 4.78 is 13.7. The van der Waals surface area contributed by atoms with E-state index in [1.807, 2.05) is 25.1 Å². The Labute approximate surface area is 116 Å². The predicted octanol–water partition coefficient (Wildman–Crippen LogP) is 5.75. The summed E-state index contributed by atoms with van der Waals surface area (Å²) in [5, 5.41) is 0. The van der Waals surface area contributed by atoms with Gasteiger partial charge in [0.25, 0.3) is 0 Å². The molecule has 0 nitrogen and oxygen atoms in total. The van der Waals surface area contributed by atoms with Crippen LogP contribution in [0, 0.1) is 24.6 Å². The van der Waals surface area contributed by atoms with Crippen LogP contribution in [0.25, 0.3) is 6.08 Å². The van der Waals surface area contributed by atoms with Gasteiger partial charge >= 0.3 is 0 Å². The van der Waals surface area contributed by atoms with Gasteiger partial charge in [0.2, 0.25) is 0 Å². The quantitative estimate of drug-likeness (QED) is 0.646. The molecular weight excluding hydrogens is 235 g/mol. The fourth-order valence-electron chi connectivity index (χ4n) is 3.08. The average Bonchev–Trinajstić information content (AvgIpc) is 2.40. The maximum Gasteiger partial charge on any atom is 0.130 e. The molecule has 0 saturated heterocycles. The summed E-state index contributed by atoms with van der Waals surface area (Å²) in [6, 6.07) is 5.46. The average molecular weight is 260 g/mol. The number of aryl methyl sites for hydroxylation is 1. The third kappa shape index (κ3) is 4.19. The summed E-state index contributed by atoms with van der Waals surface area (Å²) in [6.07, 6.45) is 12.1. The first-order valence-electron chi connectivity index (χ1n) is 7.63. The SMILES string of the molecule is CCCC1CCC(/C=C/c2ccc(C)cc2F)CC1.